The maximum Gasteiger partial charge on any atom is 0.387 e. The van der Waals surface area contributed by atoms with Crippen molar-refractivity contribution in [2.75, 3.05) is 25.6 Å². The maximum atomic E-state index is 12.5. The summed E-state index contributed by atoms with van der Waals surface area (Å²) in [4.78, 5) is 24.4. The number of carbonyl (C=O) groups excluding carboxylic acids is 2. The molecule has 7 nitrogen and oxygen atoms in total. The number of para-hydroxylation sites is 1. The fraction of sp³-hybridized carbons (Fsp3) is 0.300. The third-order valence-corrected chi connectivity index (χ3v) is 3.76. The maximum absolute atomic E-state index is 12.5. The van der Waals surface area contributed by atoms with Gasteiger partial charge in [-0.1, -0.05) is 12.1 Å². The summed E-state index contributed by atoms with van der Waals surface area (Å²) in [6.07, 6.45) is -0.988. The Balaban J connectivity index is 2.04. The molecule has 29 heavy (non-hydrogen) atoms. The molecule has 0 spiro atoms. The topological polar surface area (TPSA) is 85.9 Å². The Morgan fingerprint density at radius 1 is 1.07 bits per heavy atom. The van der Waals surface area contributed by atoms with Crippen molar-refractivity contribution in [3.05, 3.63) is 54.1 Å². The Labute approximate surface area is 167 Å². The number of methoxy groups -OCH3 is 1. The molecule has 0 radical (unpaired) electrons. The van der Waals surface area contributed by atoms with Gasteiger partial charge < -0.3 is 24.8 Å². The number of hydrogen-bond acceptors (Lipinski definition) is 6. The minimum Gasteiger partial charge on any atom is -0.449 e. The van der Waals surface area contributed by atoms with E-state index in [1.165, 1.54) is 38.3 Å². The van der Waals surface area contributed by atoms with Crippen LogP contribution in [0.1, 0.15) is 17.3 Å². The number of ether oxygens (including phenoxy) is 3. The van der Waals surface area contributed by atoms with Crippen LogP contribution in [-0.4, -0.2) is 44.9 Å². The number of anilines is 2. The van der Waals surface area contributed by atoms with Gasteiger partial charge in [-0.25, -0.2) is 4.79 Å². The smallest absolute Gasteiger partial charge is 0.387 e. The Morgan fingerprint density at radius 2 is 1.76 bits per heavy atom. The summed E-state index contributed by atoms with van der Waals surface area (Å²) in [7, 11) is 1.51. The minimum absolute atomic E-state index is 0.0200. The molecule has 0 unspecified atom stereocenters. The van der Waals surface area contributed by atoms with Crippen LogP contribution in [0.5, 0.6) is 5.75 Å². The summed E-state index contributed by atoms with van der Waals surface area (Å²) in [6.45, 7) is -0.781. The van der Waals surface area contributed by atoms with E-state index in [1.54, 1.807) is 24.3 Å². The van der Waals surface area contributed by atoms with Crippen molar-refractivity contribution >= 4 is 23.3 Å². The standard InChI is InChI=1S/C20H22F2N2O5/c1-13(18(25)23-11-12-27-2)28-19(26)16-5-3-4-6-17(16)24-14-7-9-15(10-8-14)29-20(21)22/h3-10,13,20,24H,11-12H2,1-2H3,(H,23,25)/t13-/m0/s1. The van der Waals surface area contributed by atoms with Gasteiger partial charge in [0.05, 0.1) is 17.9 Å². The summed E-state index contributed by atoms with van der Waals surface area (Å²) in [5.41, 5.74) is 1.21. The summed E-state index contributed by atoms with van der Waals surface area (Å²) in [5.74, 6) is -1.10. The number of rotatable bonds is 10. The van der Waals surface area contributed by atoms with Crippen LogP contribution in [0.4, 0.5) is 20.2 Å². The van der Waals surface area contributed by atoms with Crippen LogP contribution >= 0.6 is 0 Å². The van der Waals surface area contributed by atoms with Crippen molar-refractivity contribution < 1.29 is 32.6 Å². The molecule has 1 amide bonds. The number of halogens is 2. The molecule has 1 atom stereocenters. The molecule has 2 N–H and O–H groups in total. The highest BCUT2D eigenvalue weighted by atomic mass is 19.3. The summed E-state index contributed by atoms with van der Waals surface area (Å²) in [5, 5.41) is 5.61. The van der Waals surface area contributed by atoms with Gasteiger partial charge in [-0.2, -0.15) is 8.78 Å². The van der Waals surface area contributed by atoms with Crippen molar-refractivity contribution in [3.8, 4) is 5.75 Å². The molecule has 0 heterocycles. The average Bonchev–Trinajstić information content (AvgIpc) is 2.69. The highest BCUT2D eigenvalue weighted by molar-refractivity contribution is 5.98. The fourth-order valence-electron chi connectivity index (χ4n) is 2.34. The summed E-state index contributed by atoms with van der Waals surface area (Å²) >= 11 is 0. The number of carbonyl (C=O) groups is 2. The number of nitrogens with one attached hydrogen (secondary N) is 2. The van der Waals surface area contributed by atoms with Crippen molar-refractivity contribution in [2.45, 2.75) is 19.6 Å². The normalized spacial score (nSPS) is 11.6. The van der Waals surface area contributed by atoms with Crippen LogP contribution in [0, 0.1) is 0 Å². The lowest BCUT2D eigenvalue weighted by Gasteiger charge is -2.16. The Bertz CT molecular complexity index is 815. The lowest BCUT2D eigenvalue weighted by atomic mass is 10.1. The lowest BCUT2D eigenvalue weighted by molar-refractivity contribution is -0.129. The van der Waals surface area contributed by atoms with Gasteiger partial charge in [-0.15, -0.1) is 0 Å². The van der Waals surface area contributed by atoms with E-state index in [-0.39, 0.29) is 11.3 Å². The van der Waals surface area contributed by atoms with Crippen LogP contribution < -0.4 is 15.4 Å². The van der Waals surface area contributed by atoms with Gasteiger partial charge in [-0.3, -0.25) is 4.79 Å². The zero-order valence-electron chi connectivity index (χ0n) is 16.0. The highest BCUT2D eigenvalue weighted by Gasteiger charge is 2.20. The molecule has 0 fully saturated rings. The molecule has 0 saturated heterocycles. The second-order valence-corrected chi connectivity index (χ2v) is 5.90. The average molecular weight is 408 g/mol. The molecule has 0 aliphatic heterocycles. The molecule has 0 aliphatic rings. The molecule has 156 valence electrons. The Morgan fingerprint density at radius 3 is 2.41 bits per heavy atom. The van der Waals surface area contributed by atoms with Crippen molar-refractivity contribution in [1.29, 1.82) is 0 Å². The summed E-state index contributed by atoms with van der Waals surface area (Å²) in [6, 6.07) is 12.4. The van der Waals surface area contributed by atoms with E-state index in [9.17, 15) is 18.4 Å². The zero-order chi connectivity index (χ0) is 21.2. The van der Waals surface area contributed by atoms with Gasteiger partial charge in [0.25, 0.3) is 5.91 Å². The Kier molecular flexibility index (Phi) is 8.35. The van der Waals surface area contributed by atoms with Crippen molar-refractivity contribution in [1.82, 2.24) is 5.32 Å². The third-order valence-electron chi connectivity index (χ3n) is 3.76. The zero-order valence-corrected chi connectivity index (χ0v) is 16.0. The Hall–Kier alpha value is -3.20. The third kappa shape index (κ3) is 7.04. The second-order valence-electron chi connectivity index (χ2n) is 5.90. The van der Waals surface area contributed by atoms with Crippen molar-refractivity contribution in [3.63, 3.8) is 0 Å². The first-order chi connectivity index (χ1) is 13.9. The van der Waals surface area contributed by atoms with Gasteiger partial charge >= 0.3 is 12.6 Å². The molecule has 2 rings (SSSR count). The van der Waals surface area contributed by atoms with Crippen molar-refractivity contribution in [2.24, 2.45) is 0 Å². The fourth-order valence-corrected chi connectivity index (χ4v) is 2.34. The van der Waals surface area contributed by atoms with E-state index >= 15 is 0 Å². The molecular formula is C20H22F2N2O5. The number of hydrogen-bond donors (Lipinski definition) is 2. The van der Waals surface area contributed by atoms with Crippen LogP contribution in [0.25, 0.3) is 0 Å². The number of benzene rings is 2. The second kappa shape index (κ2) is 11.0. The van der Waals surface area contributed by atoms with Gasteiger partial charge in [0.2, 0.25) is 0 Å². The van der Waals surface area contributed by atoms with Crippen LogP contribution in [0.3, 0.4) is 0 Å². The van der Waals surface area contributed by atoms with E-state index in [0.717, 1.165) is 0 Å². The quantitative estimate of drug-likeness (QED) is 0.463. The molecule has 0 bridgehead atoms. The number of amides is 1. The molecule has 0 aliphatic carbocycles. The van der Waals surface area contributed by atoms with Crippen LogP contribution in [-0.2, 0) is 14.3 Å². The number of esters is 1. The molecule has 0 aromatic heterocycles. The molecular weight excluding hydrogens is 386 g/mol. The molecule has 9 heteroatoms. The largest absolute Gasteiger partial charge is 0.449 e. The first-order valence-electron chi connectivity index (χ1n) is 8.79. The van der Waals surface area contributed by atoms with E-state index in [2.05, 4.69) is 15.4 Å². The molecule has 2 aromatic carbocycles. The minimum atomic E-state index is -2.90. The molecule has 0 saturated carbocycles. The van der Waals surface area contributed by atoms with Gasteiger partial charge in [0.1, 0.15) is 5.75 Å². The van der Waals surface area contributed by atoms with Gasteiger partial charge in [0, 0.05) is 19.3 Å². The van der Waals surface area contributed by atoms with Gasteiger partial charge in [0.15, 0.2) is 6.10 Å². The first kappa shape index (κ1) is 22.1. The number of alkyl halides is 2. The predicted molar refractivity (Wildman–Crippen MR) is 103 cm³/mol. The highest BCUT2D eigenvalue weighted by Crippen LogP contribution is 2.24. The molecule has 2 aromatic rings. The first-order valence-corrected chi connectivity index (χ1v) is 8.79. The van der Waals surface area contributed by atoms with E-state index in [4.69, 9.17) is 9.47 Å². The van der Waals surface area contributed by atoms with E-state index in [1.807, 2.05) is 0 Å². The predicted octanol–water partition coefficient (Wildman–Crippen LogP) is 3.34. The monoisotopic (exact) mass is 408 g/mol. The lowest BCUT2D eigenvalue weighted by Crippen LogP contribution is -2.37. The van der Waals surface area contributed by atoms with Crippen LogP contribution in [0.15, 0.2) is 48.5 Å². The summed E-state index contributed by atoms with van der Waals surface area (Å²) < 4.78 is 38.8. The van der Waals surface area contributed by atoms with E-state index < -0.39 is 24.6 Å². The SMILES string of the molecule is COCCNC(=O)[C@H](C)OC(=O)c1ccccc1Nc1ccc(OC(F)F)cc1. The van der Waals surface area contributed by atoms with Gasteiger partial charge in [-0.05, 0) is 43.3 Å². The van der Waals surface area contributed by atoms with E-state index in [0.29, 0.717) is 24.5 Å². The van der Waals surface area contributed by atoms with Crippen LogP contribution in [0.2, 0.25) is 0 Å².